The number of halogens is 1. The Hall–Kier alpha value is -3.33. The Balaban J connectivity index is 1.27. The summed E-state index contributed by atoms with van der Waals surface area (Å²) in [5, 5.41) is 8.27. The van der Waals surface area contributed by atoms with Crippen LogP contribution in [-0.4, -0.2) is 44.0 Å². The van der Waals surface area contributed by atoms with Crippen LogP contribution < -0.4 is 4.74 Å². The van der Waals surface area contributed by atoms with Crippen LogP contribution in [0.5, 0.6) is 5.88 Å². The van der Waals surface area contributed by atoms with Crippen molar-refractivity contribution in [2.24, 2.45) is 5.92 Å². The van der Waals surface area contributed by atoms with Crippen molar-refractivity contribution in [3.63, 3.8) is 0 Å². The van der Waals surface area contributed by atoms with E-state index in [4.69, 9.17) is 9.47 Å². The highest BCUT2D eigenvalue weighted by atomic mass is 19.1. The molecule has 1 unspecified atom stereocenters. The number of hydrogen-bond donors (Lipinski definition) is 0. The van der Waals surface area contributed by atoms with E-state index in [1.165, 1.54) is 12.1 Å². The van der Waals surface area contributed by atoms with E-state index >= 15 is 0 Å². The summed E-state index contributed by atoms with van der Waals surface area (Å²) in [7, 11) is 0. The number of fused-ring (bicyclic) bond motifs is 1. The average molecular weight is 437 g/mol. The second kappa shape index (κ2) is 8.66. The Morgan fingerprint density at radius 3 is 2.84 bits per heavy atom. The van der Waals surface area contributed by atoms with Gasteiger partial charge < -0.3 is 14.4 Å². The molecule has 1 saturated heterocycles. The lowest BCUT2D eigenvalue weighted by atomic mass is 10.0. The van der Waals surface area contributed by atoms with Crippen LogP contribution in [0.1, 0.15) is 35.5 Å². The highest BCUT2D eigenvalue weighted by Crippen LogP contribution is 2.27. The number of aryl methyl sites for hydroxylation is 1. The lowest BCUT2D eigenvalue weighted by Gasteiger charge is -2.25. The summed E-state index contributed by atoms with van der Waals surface area (Å²) in [5.41, 5.74) is 4.08. The van der Waals surface area contributed by atoms with Gasteiger partial charge in [-0.25, -0.2) is 14.1 Å². The molecule has 1 fully saturated rings. The maximum atomic E-state index is 13.3. The number of nitrogens with zero attached hydrogens (tertiary/aromatic N) is 5. The Labute approximate surface area is 185 Å². The average Bonchev–Trinajstić information content (AvgIpc) is 3.41. The molecule has 1 atom stereocenters. The molecule has 1 amide bonds. The molecule has 3 aromatic rings. The second-order valence-electron chi connectivity index (χ2n) is 8.16. The van der Waals surface area contributed by atoms with Crippen molar-refractivity contribution in [3.05, 3.63) is 64.9 Å². The van der Waals surface area contributed by atoms with Gasteiger partial charge in [-0.1, -0.05) is 5.21 Å². The van der Waals surface area contributed by atoms with Crippen molar-refractivity contribution in [1.29, 1.82) is 0 Å². The van der Waals surface area contributed by atoms with E-state index in [2.05, 4.69) is 15.3 Å². The number of hydrogen-bond acceptors (Lipinski definition) is 6. The molecule has 0 aliphatic carbocycles. The van der Waals surface area contributed by atoms with Crippen molar-refractivity contribution in [2.45, 2.75) is 39.5 Å². The lowest BCUT2D eigenvalue weighted by Crippen LogP contribution is -2.36. The van der Waals surface area contributed by atoms with Gasteiger partial charge in [-0.15, -0.1) is 5.10 Å². The summed E-state index contributed by atoms with van der Waals surface area (Å²) in [5.74, 6) is 0.241. The third-order valence-electron chi connectivity index (χ3n) is 5.95. The molecule has 5 rings (SSSR count). The first kappa shape index (κ1) is 20.6. The molecule has 0 spiro atoms. The molecule has 0 radical (unpaired) electrons. The van der Waals surface area contributed by atoms with Crippen LogP contribution in [0.15, 0.2) is 36.4 Å². The zero-order valence-corrected chi connectivity index (χ0v) is 17.8. The molecule has 32 heavy (non-hydrogen) atoms. The van der Waals surface area contributed by atoms with E-state index in [1.54, 1.807) is 16.8 Å². The normalized spacial score (nSPS) is 17.9. The molecule has 2 aliphatic heterocycles. The Kier molecular flexibility index (Phi) is 5.57. The quantitative estimate of drug-likeness (QED) is 0.610. The van der Waals surface area contributed by atoms with Crippen LogP contribution in [0.2, 0.25) is 0 Å². The number of aromatic nitrogens is 4. The molecular weight excluding hydrogens is 413 g/mol. The summed E-state index contributed by atoms with van der Waals surface area (Å²) >= 11 is 0. The highest BCUT2D eigenvalue weighted by molar-refractivity contribution is 5.79. The van der Waals surface area contributed by atoms with E-state index in [1.807, 2.05) is 24.0 Å². The number of carbonyl (C=O) groups is 1. The first-order chi connectivity index (χ1) is 15.6. The molecule has 166 valence electrons. The fourth-order valence-electron chi connectivity index (χ4n) is 4.14. The number of carbonyl (C=O) groups excluding carboxylic acids is 1. The van der Waals surface area contributed by atoms with Gasteiger partial charge in [-0.05, 0) is 55.7 Å². The van der Waals surface area contributed by atoms with E-state index in [9.17, 15) is 9.18 Å². The Morgan fingerprint density at radius 2 is 2.06 bits per heavy atom. The summed E-state index contributed by atoms with van der Waals surface area (Å²) in [6.07, 6.45) is 1.80. The smallest absolute Gasteiger partial charge is 0.228 e. The van der Waals surface area contributed by atoms with E-state index in [-0.39, 0.29) is 24.2 Å². The van der Waals surface area contributed by atoms with Crippen LogP contribution in [-0.2, 0) is 29.2 Å². The minimum Gasteiger partial charge on any atom is -0.471 e. The van der Waals surface area contributed by atoms with Crippen molar-refractivity contribution >= 4 is 5.91 Å². The molecule has 2 aromatic heterocycles. The zero-order chi connectivity index (χ0) is 22.1. The highest BCUT2D eigenvalue weighted by Gasteiger charge is 2.31. The predicted molar refractivity (Wildman–Crippen MR) is 112 cm³/mol. The summed E-state index contributed by atoms with van der Waals surface area (Å²) in [4.78, 5) is 19.3. The van der Waals surface area contributed by atoms with Crippen molar-refractivity contribution in [2.75, 3.05) is 13.2 Å². The maximum absolute atomic E-state index is 13.3. The molecule has 4 heterocycles. The van der Waals surface area contributed by atoms with Gasteiger partial charge in [0.05, 0.1) is 36.1 Å². The van der Waals surface area contributed by atoms with Gasteiger partial charge in [0.2, 0.25) is 11.8 Å². The monoisotopic (exact) mass is 437 g/mol. The van der Waals surface area contributed by atoms with Gasteiger partial charge in [0.25, 0.3) is 0 Å². The number of benzene rings is 1. The standard InChI is InChI=1S/C23H24FN5O3/c1-15-21(29(27-26-15)19-7-5-18(24)6-8-19)14-32-22-9-4-16-11-28(12-20(16)25-22)23(30)17-3-2-10-31-13-17/h4-9,17H,2-3,10-14H2,1H3. The lowest BCUT2D eigenvalue weighted by molar-refractivity contribution is -0.140. The van der Waals surface area contributed by atoms with E-state index in [0.717, 1.165) is 42.1 Å². The van der Waals surface area contributed by atoms with Gasteiger partial charge in [-0.2, -0.15) is 0 Å². The number of ether oxygens (including phenoxy) is 2. The molecule has 9 heteroatoms. The van der Waals surface area contributed by atoms with Crippen LogP contribution in [0.3, 0.4) is 0 Å². The summed E-state index contributed by atoms with van der Waals surface area (Å²) in [6, 6.07) is 9.83. The van der Waals surface area contributed by atoms with E-state index < -0.39 is 0 Å². The van der Waals surface area contributed by atoms with Crippen LogP contribution in [0.25, 0.3) is 5.69 Å². The second-order valence-corrected chi connectivity index (χ2v) is 8.16. The minimum absolute atomic E-state index is 0.0593. The van der Waals surface area contributed by atoms with Gasteiger partial charge in [-0.3, -0.25) is 4.79 Å². The SMILES string of the molecule is Cc1nnn(-c2ccc(F)cc2)c1COc1ccc2c(n1)CN(C(=O)C1CCCOC1)C2. The third-order valence-corrected chi connectivity index (χ3v) is 5.95. The zero-order valence-electron chi connectivity index (χ0n) is 17.8. The topological polar surface area (TPSA) is 82.4 Å². The van der Waals surface area contributed by atoms with Crippen LogP contribution in [0.4, 0.5) is 4.39 Å². The minimum atomic E-state index is -0.311. The molecule has 1 aromatic carbocycles. The molecular formula is C23H24FN5O3. The first-order valence-corrected chi connectivity index (χ1v) is 10.7. The Morgan fingerprint density at radius 1 is 1.22 bits per heavy atom. The number of amides is 1. The van der Waals surface area contributed by atoms with Gasteiger partial charge in [0.15, 0.2) is 0 Å². The molecule has 0 N–H and O–H groups in total. The molecule has 0 bridgehead atoms. The first-order valence-electron chi connectivity index (χ1n) is 10.7. The van der Waals surface area contributed by atoms with Crippen molar-refractivity contribution in [3.8, 4) is 11.6 Å². The summed E-state index contributed by atoms with van der Waals surface area (Å²) < 4.78 is 26.3. The largest absolute Gasteiger partial charge is 0.471 e. The van der Waals surface area contributed by atoms with Crippen molar-refractivity contribution in [1.82, 2.24) is 24.9 Å². The Bertz CT molecular complexity index is 1130. The number of pyridine rings is 1. The molecule has 8 nitrogen and oxygen atoms in total. The molecule has 0 saturated carbocycles. The number of rotatable bonds is 5. The van der Waals surface area contributed by atoms with Gasteiger partial charge in [0, 0.05) is 19.2 Å². The summed E-state index contributed by atoms with van der Waals surface area (Å²) in [6.45, 7) is 4.35. The fraction of sp³-hybridized carbons (Fsp3) is 0.391. The molecule has 2 aliphatic rings. The van der Waals surface area contributed by atoms with Crippen LogP contribution in [0, 0.1) is 18.7 Å². The van der Waals surface area contributed by atoms with Crippen molar-refractivity contribution < 1.29 is 18.7 Å². The van der Waals surface area contributed by atoms with Crippen LogP contribution >= 0.6 is 0 Å². The third kappa shape index (κ3) is 4.08. The predicted octanol–water partition coefficient (Wildman–Crippen LogP) is 2.96. The van der Waals surface area contributed by atoms with Gasteiger partial charge in [0.1, 0.15) is 18.1 Å². The fourth-order valence-corrected chi connectivity index (χ4v) is 4.14. The van der Waals surface area contributed by atoms with E-state index in [0.29, 0.717) is 31.3 Å². The maximum Gasteiger partial charge on any atom is 0.228 e. The van der Waals surface area contributed by atoms with Gasteiger partial charge >= 0.3 is 0 Å².